The van der Waals surface area contributed by atoms with Crippen LogP contribution in [-0.2, 0) is 11.3 Å². The number of hydrogen-bond acceptors (Lipinski definition) is 5. The molecule has 0 unspecified atom stereocenters. The summed E-state index contributed by atoms with van der Waals surface area (Å²) in [7, 11) is 0. The van der Waals surface area contributed by atoms with Crippen molar-refractivity contribution in [2.24, 2.45) is 11.8 Å². The van der Waals surface area contributed by atoms with Crippen molar-refractivity contribution in [3.05, 3.63) is 48.2 Å². The molecule has 1 N–H and O–H groups in total. The molecule has 0 bridgehead atoms. The van der Waals surface area contributed by atoms with Gasteiger partial charge in [-0.2, -0.15) is 0 Å². The van der Waals surface area contributed by atoms with Gasteiger partial charge in [-0.3, -0.25) is 4.79 Å². The number of nitrogens with one attached hydrogen (secondary N) is 1. The summed E-state index contributed by atoms with van der Waals surface area (Å²) >= 11 is 1.38. The van der Waals surface area contributed by atoms with Crippen LogP contribution in [-0.4, -0.2) is 34.7 Å². The zero-order valence-corrected chi connectivity index (χ0v) is 16.2. The van der Waals surface area contributed by atoms with E-state index in [4.69, 9.17) is 0 Å². The van der Waals surface area contributed by atoms with Crippen LogP contribution in [0.1, 0.15) is 25.8 Å². The highest BCUT2D eigenvalue weighted by Crippen LogP contribution is 2.26. The molecule has 2 aromatic rings. The molecule has 3 rings (SSSR count). The molecule has 6 heteroatoms. The Morgan fingerprint density at radius 2 is 1.92 bits per heavy atom. The zero-order valence-electron chi connectivity index (χ0n) is 15.4. The fourth-order valence-corrected chi connectivity index (χ4v) is 4.06. The number of hydrogen-bond donors (Lipinski definition) is 1. The predicted octanol–water partition coefficient (Wildman–Crippen LogP) is 3.37. The zero-order chi connectivity index (χ0) is 18.4. The Morgan fingerprint density at radius 3 is 2.65 bits per heavy atom. The monoisotopic (exact) mass is 370 g/mol. The number of aromatic nitrogens is 2. The van der Waals surface area contributed by atoms with Gasteiger partial charge in [-0.05, 0) is 29.9 Å². The first-order valence-electron chi connectivity index (χ1n) is 9.11. The Bertz CT molecular complexity index is 715. The molecule has 1 fully saturated rings. The van der Waals surface area contributed by atoms with E-state index in [-0.39, 0.29) is 5.91 Å². The molecule has 1 aromatic heterocycles. The summed E-state index contributed by atoms with van der Waals surface area (Å²) in [5.41, 5.74) is 1.09. The summed E-state index contributed by atoms with van der Waals surface area (Å²) in [6.07, 6.45) is 3.06. The van der Waals surface area contributed by atoms with Crippen molar-refractivity contribution in [1.82, 2.24) is 15.3 Å². The number of carbonyl (C=O) groups excluding carboxylic acids is 1. The fraction of sp³-hybridized carbons (Fsp3) is 0.450. The third-order valence-electron chi connectivity index (χ3n) is 4.48. The first-order chi connectivity index (χ1) is 12.6. The number of rotatable bonds is 6. The molecule has 0 aliphatic carbocycles. The van der Waals surface area contributed by atoms with Crippen LogP contribution < -0.4 is 10.2 Å². The number of benzene rings is 1. The highest BCUT2D eigenvalue weighted by atomic mass is 32.2. The topological polar surface area (TPSA) is 58.1 Å². The second-order valence-electron chi connectivity index (χ2n) is 7.10. The van der Waals surface area contributed by atoms with Crippen LogP contribution in [0, 0.1) is 11.8 Å². The second kappa shape index (κ2) is 9.03. The Morgan fingerprint density at radius 1 is 1.19 bits per heavy atom. The first kappa shape index (κ1) is 18.7. The van der Waals surface area contributed by atoms with E-state index in [2.05, 4.69) is 34.0 Å². The first-order valence-corrected chi connectivity index (χ1v) is 10.1. The van der Waals surface area contributed by atoms with E-state index >= 15 is 0 Å². The van der Waals surface area contributed by atoms with Gasteiger partial charge in [0.1, 0.15) is 5.82 Å². The summed E-state index contributed by atoms with van der Waals surface area (Å²) in [5, 5.41) is 3.59. The van der Waals surface area contributed by atoms with Crippen molar-refractivity contribution < 1.29 is 4.79 Å². The molecule has 2 atom stereocenters. The Balaban J connectivity index is 1.51. The molecule has 1 aliphatic rings. The SMILES string of the molecule is C[C@H]1C[C@H](C)CN(c2ccnc(SCC(=O)NCc3ccccc3)n2)C1. The molecule has 1 aliphatic heterocycles. The molecular formula is C20H26N4OS. The van der Waals surface area contributed by atoms with Gasteiger partial charge in [-0.15, -0.1) is 0 Å². The second-order valence-corrected chi connectivity index (χ2v) is 8.04. The van der Waals surface area contributed by atoms with E-state index in [0.29, 0.717) is 29.3 Å². The van der Waals surface area contributed by atoms with E-state index in [9.17, 15) is 4.79 Å². The van der Waals surface area contributed by atoms with Crippen molar-refractivity contribution in [1.29, 1.82) is 0 Å². The van der Waals surface area contributed by atoms with Gasteiger partial charge in [0.25, 0.3) is 0 Å². The maximum atomic E-state index is 12.1. The lowest BCUT2D eigenvalue weighted by atomic mass is 9.92. The van der Waals surface area contributed by atoms with Crippen molar-refractivity contribution >= 4 is 23.5 Å². The summed E-state index contributed by atoms with van der Waals surface area (Å²) in [6.45, 7) is 7.18. The van der Waals surface area contributed by atoms with Crippen LogP contribution in [0.4, 0.5) is 5.82 Å². The van der Waals surface area contributed by atoms with Crippen LogP contribution in [0.5, 0.6) is 0 Å². The molecule has 26 heavy (non-hydrogen) atoms. The smallest absolute Gasteiger partial charge is 0.230 e. The molecule has 0 saturated carbocycles. The summed E-state index contributed by atoms with van der Waals surface area (Å²) in [6, 6.07) is 11.9. The average molecular weight is 371 g/mol. The third-order valence-corrected chi connectivity index (χ3v) is 5.34. The molecule has 0 spiro atoms. The minimum absolute atomic E-state index is 0.00641. The maximum absolute atomic E-state index is 12.1. The minimum atomic E-state index is -0.00641. The molecule has 0 radical (unpaired) electrons. The van der Waals surface area contributed by atoms with E-state index in [1.54, 1.807) is 6.20 Å². The molecular weight excluding hydrogens is 344 g/mol. The summed E-state index contributed by atoms with van der Waals surface area (Å²) < 4.78 is 0. The Labute approximate surface area is 159 Å². The molecule has 2 heterocycles. The largest absolute Gasteiger partial charge is 0.356 e. The number of carbonyl (C=O) groups is 1. The number of piperidine rings is 1. The minimum Gasteiger partial charge on any atom is -0.356 e. The van der Waals surface area contributed by atoms with Gasteiger partial charge < -0.3 is 10.2 Å². The van der Waals surface area contributed by atoms with Gasteiger partial charge in [0.05, 0.1) is 5.75 Å². The molecule has 1 saturated heterocycles. The normalized spacial score (nSPS) is 20.0. The quantitative estimate of drug-likeness (QED) is 0.624. The number of anilines is 1. The van der Waals surface area contributed by atoms with Crippen LogP contribution in [0.15, 0.2) is 47.8 Å². The van der Waals surface area contributed by atoms with Crippen molar-refractivity contribution in [3.63, 3.8) is 0 Å². The van der Waals surface area contributed by atoms with Crippen molar-refractivity contribution in [2.75, 3.05) is 23.7 Å². The van der Waals surface area contributed by atoms with Crippen LogP contribution >= 0.6 is 11.8 Å². The number of thioether (sulfide) groups is 1. The fourth-order valence-electron chi connectivity index (χ4n) is 3.41. The molecule has 5 nitrogen and oxygen atoms in total. The highest BCUT2D eigenvalue weighted by molar-refractivity contribution is 7.99. The predicted molar refractivity (Wildman–Crippen MR) is 106 cm³/mol. The van der Waals surface area contributed by atoms with Crippen LogP contribution in [0.3, 0.4) is 0 Å². The lowest BCUT2D eigenvalue weighted by Crippen LogP contribution is -2.39. The van der Waals surface area contributed by atoms with E-state index in [1.807, 2.05) is 36.4 Å². The molecule has 138 valence electrons. The Kier molecular flexibility index (Phi) is 6.50. The Hall–Kier alpha value is -2.08. The van der Waals surface area contributed by atoms with Gasteiger partial charge in [0, 0.05) is 25.8 Å². The van der Waals surface area contributed by atoms with E-state index in [0.717, 1.165) is 24.5 Å². The van der Waals surface area contributed by atoms with Gasteiger partial charge in [0.15, 0.2) is 5.16 Å². The van der Waals surface area contributed by atoms with Crippen molar-refractivity contribution in [3.8, 4) is 0 Å². The summed E-state index contributed by atoms with van der Waals surface area (Å²) in [4.78, 5) is 23.4. The maximum Gasteiger partial charge on any atom is 0.230 e. The van der Waals surface area contributed by atoms with E-state index in [1.165, 1.54) is 18.2 Å². The van der Waals surface area contributed by atoms with Gasteiger partial charge >= 0.3 is 0 Å². The number of amides is 1. The van der Waals surface area contributed by atoms with Crippen LogP contribution in [0.2, 0.25) is 0 Å². The molecule has 1 aromatic carbocycles. The van der Waals surface area contributed by atoms with E-state index < -0.39 is 0 Å². The standard InChI is InChI=1S/C20H26N4OS/c1-15-10-16(2)13-24(12-15)18-8-9-21-20(23-18)26-14-19(25)22-11-17-6-4-3-5-7-17/h3-9,15-16H,10-14H2,1-2H3,(H,22,25)/t15-,16-/m0/s1. The van der Waals surface area contributed by atoms with Crippen molar-refractivity contribution in [2.45, 2.75) is 32.0 Å². The number of nitrogens with zero attached hydrogens (tertiary/aromatic N) is 3. The third kappa shape index (κ3) is 5.46. The lowest BCUT2D eigenvalue weighted by Gasteiger charge is -2.35. The molecule has 1 amide bonds. The van der Waals surface area contributed by atoms with Crippen LogP contribution in [0.25, 0.3) is 0 Å². The highest BCUT2D eigenvalue weighted by Gasteiger charge is 2.23. The van der Waals surface area contributed by atoms with Gasteiger partial charge in [-0.1, -0.05) is 55.9 Å². The summed E-state index contributed by atoms with van der Waals surface area (Å²) in [5.74, 6) is 2.63. The average Bonchev–Trinajstić information content (AvgIpc) is 2.65. The van der Waals surface area contributed by atoms with Gasteiger partial charge in [-0.25, -0.2) is 9.97 Å². The van der Waals surface area contributed by atoms with Gasteiger partial charge in [0.2, 0.25) is 5.91 Å². The lowest BCUT2D eigenvalue weighted by molar-refractivity contribution is -0.118.